The van der Waals surface area contributed by atoms with Gasteiger partial charge in [-0.1, -0.05) is 24.3 Å². The summed E-state index contributed by atoms with van der Waals surface area (Å²) < 4.78 is 46.5. The second kappa shape index (κ2) is 9.97. The lowest BCUT2D eigenvalue weighted by Gasteiger charge is -2.39. The number of nitrogens with one attached hydrogen (secondary N) is 1. The van der Waals surface area contributed by atoms with Gasteiger partial charge in [-0.15, -0.1) is 0 Å². The van der Waals surface area contributed by atoms with Gasteiger partial charge in [-0.3, -0.25) is 9.71 Å². The lowest BCUT2D eigenvalue weighted by molar-refractivity contribution is -0.204. The van der Waals surface area contributed by atoms with Crippen LogP contribution in [0.2, 0.25) is 0 Å². The van der Waals surface area contributed by atoms with Crippen LogP contribution in [0, 0.1) is 0 Å². The third-order valence-corrected chi connectivity index (χ3v) is 6.78. The summed E-state index contributed by atoms with van der Waals surface area (Å²) in [5.74, 6) is 0.581. The van der Waals surface area contributed by atoms with E-state index < -0.39 is 21.9 Å². The molecule has 0 amide bonds. The van der Waals surface area contributed by atoms with Crippen molar-refractivity contribution in [1.29, 1.82) is 0 Å². The number of fused-ring (bicyclic) bond motifs is 1. The molecule has 1 N–H and O–H groups in total. The summed E-state index contributed by atoms with van der Waals surface area (Å²) in [6.45, 7) is 6.63. The number of benzene rings is 2. The van der Waals surface area contributed by atoms with Crippen LogP contribution in [0.15, 0.2) is 83.9 Å². The topological polar surface area (TPSA) is 86.8 Å². The Kier molecular flexibility index (Phi) is 7.02. The van der Waals surface area contributed by atoms with E-state index in [1.807, 2.05) is 45.0 Å². The molecule has 178 valence electrons. The van der Waals surface area contributed by atoms with Gasteiger partial charge in [-0.05, 0) is 69.3 Å². The fraction of sp³-hybridized carbons (Fsp3) is 0.269. The Morgan fingerprint density at radius 1 is 1.00 bits per heavy atom. The molecule has 0 saturated carbocycles. The summed E-state index contributed by atoms with van der Waals surface area (Å²) in [6.07, 6.45) is 3.02. The summed E-state index contributed by atoms with van der Waals surface area (Å²) in [5.41, 5.74) is 1.75. The number of pyridine rings is 1. The molecule has 2 aromatic carbocycles. The first-order chi connectivity index (χ1) is 16.4. The molecule has 0 saturated heterocycles. The molecule has 8 heteroatoms. The Balaban J connectivity index is 1.77. The van der Waals surface area contributed by atoms with Crippen LogP contribution in [-0.2, 0) is 19.5 Å². The van der Waals surface area contributed by atoms with E-state index in [2.05, 4.69) is 9.71 Å². The lowest BCUT2D eigenvalue weighted by Crippen LogP contribution is -2.48. The standard InChI is InChI=1S/C26H28N2O5S/c1-4-31-25(32-5-2)26(3)18-22(23-13-9-10-16-27-23)21-17-19(14-15-24(21)33-26)28-34(29,30)20-11-7-6-8-12-20/h6-18,25,28H,4-5H2,1-3H3. The minimum atomic E-state index is -3.74. The van der Waals surface area contributed by atoms with Gasteiger partial charge in [-0.2, -0.15) is 0 Å². The van der Waals surface area contributed by atoms with E-state index >= 15 is 0 Å². The van der Waals surface area contributed by atoms with E-state index in [-0.39, 0.29) is 4.90 Å². The van der Waals surface area contributed by atoms with Crippen molar-refractivity contribution in [2.24, 2.45) is 0 Å². The molecule has 1 aromatic heterocycles. The molecule has 2 heterocycles. The van der Waals surface area contributed by atoms with Crippen LogP contribution < -0.4 is 9.46 Å². The Hall–Kier alpha value is -3.20. The summed E-state index contributed by atoms with van der Waals surface area (Å²) in [5, 5.41) is 0. The summed E-state index contributed by atoms with van der Waals surface area (Å²) in [4.78, 5) is 4.71. The Labute approximate surface area is 200 Å². The highest BCUT2D eigenvalue weighted by Crippen LogP contribution is 2.42. The van der Waals surface area contributed by atoms with E-state index in [4.69, 9.17) is 14.2 Å². The van der Waals surface area contributed by atoms with Gasteiger partial charge in [-0.25, -0.2) is 8.42 Å². The lowest BCUT2D eigenvalue weighted by atomic mass is 9.90. The molecular weight excluding hydrogens is 452 g/mol. The highest BCUT2D eigenvalue weighted by atomic mass is 32.2. The second-order valence-corrected chi connectivity index (χ2v) is 9.61. The Morgan fingerprint density at radius 3 is 2.35 bits per heavy atom. The van der Waals surface area contributed by atoms with Crippen LogP contribution in [0.5, 0.6) is 5.75 Å². The Morgan fingerprint density at radius 2 is 1.71 bits per heavy atom. The minimum absolute atomic E-state index is 0.188. The first kappa shape index (κ1) is 23.9. The Bertz CT molecular complexity index is 1260. The minimum Gasteiger partial charge on any atom is -0.477 e. The fourth-order valence-electron chi connectivity index (χ4n) is 3.87. The molecule has 1 unspecified atom stereocenters. The number of hydrogen-bond donors (Lipinski definition) is 1. The normalized spacial score (nSPS) is 17.6. The molecule has 1 aliphatic heterocycles. The van der Waals surface area contributed by atoms with Crippen LogP contribution in [0.25, 0.3) is 5.57 Å². The zero-order valence-corrected chi connectivity index (χ0v) is 20.2. The summed E-state index contributed by atoms with van der Waals surface area (Å²) in [7, 11) is -3.74. The highest BCUT2D eigenvalue weighted by molar-refractivity contribution is 7.92. The van der Waals surface area contributed by atoms with Crippen LogP contribution in [0.1, 0.15) is 32.0 Å². The van der Waals surface area contributed by atoms with Crippen molar-refractivity contribution in [3.8, 4) is 5.75 Å². The van der Waals surface area contributed by atoms with Crippen molar-refractivity contribution in [3.63, 3.8) is 0 Å². The van der Waals surface area contributed by atoms with Crippen molar-refractivity contribution in [1.82, 2.24) is 4.98 Å². The molecule has 0 radical (unpaired) electrons. The predicted octanol–water partition coefficient (Wildman–Crippen LogP) is 4.86. The smallest absolute Gasteiger partial charge is 0.261 e. The zero-order valence-electron chi connectivity index (χ0n) is 19.4. The van der Waals surface area contributed by atoms with Crippen molar-refractivity contribution >= 4 is 21.3 Å². The van der Waals surface area contributed by atoms with Crippen LogP contribution >= 0.6 is 0 Å². The molecule has 1 atom stereocenters. The number of ether oxygens (including phenoxy) is 3. The van der Waals surface area contributed by atoms with Gasteiger partial charge >= 0.3 is 0 Å². The van der Waals surface area contributed by atoms with Gasteiger partial charge in [0.2, 0.25) is 6.29 Å². The van der Waals surface area contributed by atoms with Crippen LogP contribution in [0.4, 0.5) is 5.69 Å². The molecule has 0 bridgehead atoms. The second-order valence-electron chi connectivity index (χ2n) is 7.93. The van der Waals surface area contributed by atoms with E-state index in [9.17, 15) is 8.42 Å². The molecule has 0 fully saturated rings. The van der Waals surface area contributed by atoms with Gasteiger partial charge in [0.1, 0.15) is 5.75 Å². The average molecular weight is 481 g/mol. The molecule has 4 rings (SSSR count). The molecular formula is C26H28N2O5S. The van der Waals surface area contributed by atoms with Crippen LogP contribution in [-0.4, -0.2) is 38.5 Å². The maximum Gasteiger partial charge on any atom is 0.261 e. The maximum absolute atomic E-state index is 12.9. The van der Waals surface area contributed by atoms with Gasteiger partial charge in [0.15, 0.2) is 5.60 Å². The number of nitrogens with zero attached hydrogens (tertiary/aromatic N) is 1. The van der Waals surface area contributed by atoms with Crippen molar-refractivity contribution in [2.45, 2.75) is 37.6 Å². The molecule has 3 aromatic rings. The van der Waals surface area contributed by atoms with Crippen molar-refractivity contribution < 1.29 is 22.6 Å². The first-order valence-electron chi connectivity index (χ1n) is 11.1. The molecule has 0 aliphatic carbocycles. The van der Waals surface area contributed by atoms with Gasteiger partial charge < -0.3 is 14.2 Å². The first-order valence-corrected chi connectivity index (χ1v) is 12.6. The van der Waals surface area contributed by atoms with E-state index in [1.165, 1.54) is 0 Å². The zero-order chi connectivity index (χ0) is 24.2. The van der Waals surface area contributed by atoms with Gasteiger partial charge in [0.25, 0.3) is 10.0 Å². The van der Waals surface area contributed by atoms with Gasteiger partial charge in [0.05, 0.1) is 10.6 Å². The molecule has 34 heavy (non-hydrogen) atoms. The van der Waals surface area contributed by atoms with Crippen molar-refractivity contribution in [2.75, 3.05) is 17.9 Å². The van der Waals surface area contributed by atoms with E-state index in [1.54, 1.807) is 54.7 Å². The average Bonchev–Trinajstić information content (AvgIpc) is 2.84. The number of hydrogen-bond acceptors (Lipinski definition) is 6. The van der Waals surface area contributed by atoms with E-state index in [0.29, 0.717) is 24.7 Å². The van der Waals surface area contributed by atoms with E-state index in [0.717, 1.165) is 16.8 Å². The summed E-state index contributed by atoms with van der Waals surface area (Å²) in [6, 6.07) is 19.1. The van der Waals surface area contributed by atoms with Gasteiger partial charge in [0, 0.05) is 36.2 Å². The SMILES string of the molecule is CCOC(OCC)C1(C)C=C(c2ccccn2)c2cc(NS(=O)(=O)c3ccccc3)ccc2O1. The number of aromatic nitrogens is 1. The molecule has 0 spiro atoms. The largest absolute Gasteiger partial charge is 0.477 e. The maximum atomic E-state index is 12.9. The highest BCUT2D eigenvalue weighted by Gasteiger charge is 2.41. The fourth-order valence-corrected chi connectivity index (χ4v) is 4.94. The monoisotopic (exact) mass is 480 g/mol. The van der Waals surface area contributed by atoms with Crippen molar-refractivity contribution in [3.05, 3.63) is 90.3 Å². The molecule has 1 aliphatic rings. The third kappa shape index (κ3) is 4.99. The number of sulfonamides is 1. The number of rotatable bonds is 9. The predicted molar refractivity (Wildman–Crippen MR) is 131 cm³/mol. The van der Waals surface area contributed by atoms with Crippen LogP contribution in [0.3, 0.4) is 0 Å². The quantitative estimate of drug-likeness (QED) is 0.440. The summed E-state index contributed by atoms with van der Waals surface area (Å²) >= 11 is 0. The number of anilines is 1. The third-order valence-electron chi connectivity index (χ3n) is 5.38. The molecule has 7 nitrogen and oxygen atoms in total.